The average molecular weight is 728 g/mol. The number of carbonyl (C=O) groups excluding carboxylic acids is 3. The normalized spacial score (nSPS) is 30.8. The molecule has 4 aliphatic carbocycles. The summed E-state index contributed by atoms with van der Waals surface area (Å²) in [6.07, 6.45) is 6.22. The number of rotatable bonds is 17. The molecule has 3 fully saturated rings. The first-order chi connectivity index (χ1) is 23.9. The summed E-state index contributed by atoms with van der Waals surface area (Å²) in [5, 5.41) is 46.9. The van der Waals surface area contributed by atoms with Crippen LogP contribution in [-0.2, 0) is 38.4 Å². The number of carboxylic acids is 1. The van der Waals surface area contributed by atoms with Crippen molar-refractivity contribution in [2.24, 2.45) is 40.4 Å². The van der Waals surface area contributed by atoms with Gasteiger partial charge >= 0.3 is 11.9 Å². The molecule has 0 radical (unpaired) electrons. The van der Waals surface area contributed by atoms with Crippen LogP contribution >= 0.6 is 0 Å². The van der Waals surface area contributed by atoms with Gasteiger partial charge in [-0.25, -0.2) is 0 Å². The first-order valence-electron chi connectivity index (χ1n) is 16.8. The molecule has 284 valence electrons. The number of allylic oxidation sites excluding steroid dienone is 4. The van der Waals surface area contributed by atoms with E-state index in [0.717, 1.165) is 24.8 Å². The Balaban J connectivity index is 0.000000612. The van der Waals surface area contributed by atoms with Crippen molar-refractivity contribution in [3.63, 3.8) is 0 Å². The number of nitrogens with zero attached hydrogens (tertiary/aromatic N) is 3. The molecule has 4 rings (SSSR count). The van der Waals surface area contributed by atoms with Crippen LogP contribution in [0.25, 0.3) is 0 Å². The Bertz CT molecular complexity index is 1400. The predicted molar refractivity (Wildman–Crippen MR) is 170 cm³/mol. The number of hydrogen-bond acceptors (Lipinski definition) is 15. The van der Waals surface area contributed by atoms with Gasteiger partial charge in [-0.05, 0) is 80.3 Å². The number of ether oxygens (including phenoxy) is 1. The molecular weight excluding hydrogens is 682 g/mol. The second-order valence-electron chi connectivity index (χ2n) is 14.0. The van der Waals surface area contributed by atoms with E-state index in [9.17, 15) is 54.6 Å². The van der Waals surface area contributed by atoms with Gasteiger partial charge < -0.3 is 29.5 Å². The monoisotopic (exact) mass is 727 g/mol. The standard InChI is InChI=1S/C28H38N2O11.C4H7NO5/c1-16-11-21-20-8-7-17-12-18(31)9-10-27(17,2)26(20)22(32)13-28(21,3)25(16)23(33)15-39-24(34)6-4-5-19(41-30(37)38)14-40-29(35)36;6-4(7)2-1-3-10-5(8)9/h9-10,12,16,19-22,25-26,32H,4-8,11,13-15H2,1-3H3;1-3H2,(H,6,7)/t16-,19?,20?,21?,22?,25?,26?,27?,28?;/m1./s1. The number of aliphatic carboxylic acids is 1. The molecule has 0 aromatic heterocycles. The molecule has 2 N–H and O–H groups in total. The third kappa shape index (κ3) is 10.4. The number of Topliss-reactive ketones (excluding diaryl/α,β-unsaturated/α-hetero) is 1. The number of carbonyl (C=O) groups is 4. The number of fused-ring (bicyclic) bond motifs is 5. The van der Waals surface area contributed by atoms with Gasteiger partial charge in [-0.2, -0.15) is 0 Å². The first kappa shape index (κ1) is 40.7. The highest BCUT2D eigenvalue weighted by molar-refractivity contribution is 6.01. The SMILES string of the molecule is C[C@@H]1CC2C3CCC4=CC(=O)C=CC4(C)C3C(O)CC2(C)C1C(=O)COC(=O)CCCC(CO[N+](=O)[O-])O[N+](=O)[O-].O=C(O)CCCO[N+](=O)[O-]. The maximum atomic E-state index is 13.5. The van der Waals surface area contributed by atoms with Crippen LogP contribution in [0.5, 0.6) is 0 Å². The van der Waals surface area contributed by atoms with Crippen LogP contribution in [0.15, 0.2) is 23.8 Å². The van der Waals surface area contributed by atoms with Crippen LogP contribution in [0.2, 0.25) is 0 Å². The fourth-order valence-corrected chi connectivity index (χ4v) is 8.96. The molecule has 8 unspecified atom stereocenters. The number of hydrogen-bond donors (Lipinski definition) is 2. The Labute approximate surface area is 292 Å². The third-order valence-corrected chi connectivity index (χ3v) is 10.8. The van der Waals surface area contributed by atoms with Gasteiger partial charge in [0.15, 0.2) is 11.6 Å². The molecule has 0 aromatic carbocycles. The molecule has 0 saturated heterocycles. The van der Waals surface area contributed by atoms with E-state index in [0.29, 0.717) is 6.42 Å². The summed E-state index contributed by atoms with van der Waals surface area (Å²) in [7, 11) is 0. The molecule has 0 amide bonds. The summed E-state index contributed by atoms with van der Waals surface area (Å²) < 4.78 is 5.27. The summed E-state index contributed by atoms with van der Waals surface area (Å²) in [5.41, 5.74) is 0.220. The van der Waals surface area contributed by atoms with E-state index in [1.165, 1.54) is 0 Å². The minimum absolute atomic E-state index is 0.0191. The quantitative estimate of drug-likeness (QED) is 0.0941. The van der Waals surface area contributed by atoms with Crippen LogP contribution in [0.4, 0.5) is 0 Å². The number of carboxylic acid groups (broad SMARTS) is 1. The van der Waals surface area contributed by atoms with Crippen molar-refractivity contribution in [1.29, 1.82) is 0 Å². The summed E-state index contributed by atoms with van der Waals surface area (Å²) in [6.45, 7) is 4.99. The van der Waals surface area contributed by atoms with Gasteiger partial charge in [0.1, 0.15) is 19.3 Å². The molecule has 51 heavy (non-hydrogen) atoms. The highest BCUT2D eigenvalue weighted by Crippen LogP contribution is 2.67. The zero-order valence-corrected chi connectivity index (χ0v) is 28.7. The average Bonchev–Trinajstić information content (AvgIpc) is 3.30. The molecule has 0 bridgehead atoms. The maximum Gasteiger partial charge on any atom is 0.306 e. The van der Waals surface area contributed by atoms with Crippen LogP contribution in [0, 0.1) is 70.8 Å². The third-order valence-electron chi connectivity index (χ3n) is 10.8. The van der Waals surface area contributed by atoms with Crippen molar-refractivity contribution in [1.82, 2.24) is 0 Å². The van der Waals surface area contributed by atoms with E-state index in [1.807, 2.05) is 13.0 Å². The highest BCUT2D eigenvalue weighted by Gasteiger charge is 2.64. The van der Waals surface area contributed by atoms with Gasteiger partial charge in [-0.15, -0.1) is 30.3 Å². The lowest BCUT2D eigenvalue weighted by atomic mass is 9.46. The molecule has 4 aliphatic rings. The van der Waals surface area contributed by atoms with E-state index in [1.54, 1.807) is 12.2 Å². The Morgan fingerprint density at radius 2 is 1.73 bits per heavy atom. The van der Waals surface area contributed by atoms with Gasteiger partial charge in [-0.3, -0.25) is 19.2 Å². The van der Waals surface area contributed by atoms with Gasteiger partial charge in [0.2, 0.25) is 0 Å². The fourth-order valence-electron chi connectivity index (χ4n) is 8.96. The molecule has 0 spiro atoms. The van der Waals surface area contributed by atoms with Gasteiger partial charge in [0.25, 0.3) is 15.3 Å². The molecule has 0 aromatic rings. The van der Waals surface area contributed by atoms with Gasteiger partial charge in [0.05, 0.1) is 12.7 Å². The van der Waals surface area contributed by atoms with Crippen molar-refractivity contribution in [3.05, 3.63) is 54.1 Å². The number of ketones is 2. The lowest BCUT2D eigenvalue weighted by molar-refractivity contribution is -0.790. The number of aliphatic hydroxyl groups excluding tert-OH is 1. The largest absolute Gasteiger partial charge is 0.481 e. The minimum atomic E-state index is -1.22. The summed E-state index contributed by atoms with van der Waals surface area (Å²) in [4.78, 5) is 90.4. The van der Waals surface area contributed by atoms with E-state index < -0.39 is 63.5 Å². The van der Waals surface area contributed by atoms with E-state index >= 15 is 0 Å². The maximum absolute atomic E-state index is 13.5. The molecule has 9 atom stereocenters. The Morgan fingerprint density at radius 1 is 1.04 bits per heavy atom. The van der Waals surface area contributed by atoms with Gasteiger partial charge in [0, 0.05) is 30.1 Å². The van der Waals surface area contributed by atoms with Crippen LogP contribution in [0.3, 0.4) is 0 Å². The van der Waals surface area contributed by atoms with E-state index in [-0.39, 0.29) is 79.9 Å². The van der Waals surface area contributed by atoms with Crippen molar-refractivity contribution in [2.45, 2.75) is 90.8 Å². The Hall–Kier alpha value is -4.68. The fraction of sp³-hybridized carbons (Fsp3) is 0.750. The number of esters is 1. The van der Waals surface area contributed by atoms with Crippen molar-refractivity contribution < 1.29 is 63.9 Å². The molecule has 19 nitrogen and oxygen atoms in total. The van der Waals surface area contributed by atoms with Crippen molar-refractivity contribution >= 4 is 23.5 Å². The topological polar surface area (TPSA) is 275 Å². The molecule has 0 aliphatic heterocycles. The predicted octanol–water partition coefficient (Wildman–Crippen LogP) is 3.25. The smallest absolute Gasteiger partial charge is 0.306 e. The second kappa shape index (κ2) is 17.5. The minimum Gasteiger partial charge on any atom is -0.481 e. The second-order valence-corrected chi connectivity index (χ2v) is 14.0. The van der Waals surface area contributed by atoms with Crippen molar-refractivity contribution in [3.8, 4) is 0 Å². The molecule has 19 heteroatoms. The van der Waals surface area contributed by atoms with Crippen LogP contribution < -0.4 is 0 Å². The van der Waals surface area contributed by atoms with Crippen molar-refractivity contribution in [2.75, 3.05) is 19.8 Å². The zero-order valence-electron chi connectivity index (χ0n) is 28.7. The molecular formula is C32H45N3O16. The zero-order chi connectivity index (χ0) is 38.1. The molecule has 3 saturated carbocycles. The highest BCUT2D eigenvalue weighted by atomic mass is 17.0. The van der Waals surface area contributed by atoms with Crippen LogP contribution in [0.1, 0.15) is 78.6 Å². The number of aliphatic hydroxyl groups is 1. The Morgan fingerprint density at radius 3 is 2.35 bits per heavy atom. The van der Waals surface area contributed by atoms with Crippen LogP contribution in [-0.4, -0.2) is 81.0 Å². The first-order valence-corrected chi connectivity index (χ1v) is 16.8. The summed E-state index contributed by atoms with van der Waals surface area (Å²) >= 11 is 0. The summed E-state index contributed by atoms with van der Waals surface area (Å²) in [6, 6.07) is 0. The lowest BCUT2D eigenvalue weighted by Crippen LogP contribution is -2.56. The molecule has 0 heterocycles. The van der Waals surface area contributed by atoms with E-state index in [2.05, 4.69) is 28.4 Å². The summed E-state index contributed by atoms with van der Waals surface area (Å²) in [5.74, 6) is -1.84. The van der Waals surface area contributed by atoms with E-state index in [4.69, 9.17) is 9.84 Å². The lowest BCUT2D eigenvalue weighted by Gasteiger charge is -2.58. The van der Waals surface area contributed by atoms with Gasteiger partial charge in [-0.1, -0.05) is 32.4 Å². The Kier molecular flexibility index (Phi) is 14.0.